The van der Waals surface area contributed by atoms with Crippen molar-refractivity contribution < 1.29 is 5.11 Å². The van der Waals surface area contributed by atoms with Crippen LogP contribution in [0.4, 0.5) is 0 Å². The molecule has 1 aliphatic carbocycles. The fourth-order valence-corrected chi connectivity index (χ4v) is 4.33. The van der Waals surface area contributed by atoms with E-state index in [9.17, 15) is 5.11 Å². The quantitative estimate of drug-likeness (QED) is 0.236. The molecule has 0 saturated carbocycles. The number of aliphatic hydroxyl groups excluding tert-OH is 1. The maximum Gasteiger partial charge on any atom is 0.0989 e. The molecular formula is C27H44N6O. The molecule has 1 aliphatic heterocycles. The van der Waals surface area contributed by atoms with Crippen molar-refractivity contribution in [2.24, 2.45) is 4.99 Å². The van der Waals surface area contributed by atoms with Crippen molar-refractivity contribution in [1.82, 2.24) is 25.4 Å². The van der Waals surface area contributed by atoms with Crippen LogP contribution in [0, 0.1) is 12.8 Å². The van der Waals surface area contributed by atoms with E-state index in [1.807, 2.05) is 39.2 Å². The third-order valence-electron chi connectivity index (χ3n) is 5.98. The minimum atomic E-state index is 0.0128. The Balaban J connectivity index is 0.00000107. The van der Waals surface area contributed by atoms with Crippen LogP contribution >= 0.6 is 0 Å². The summed E-state index contributed by atoms with van der Waals surface area (Å²) in [5.74, 6) is 0.883. The summed E-state index contributed by atoms with van der Waals surface area (Å²) in [7, 11) is 4.16. The minimum Gasteiger partial charge on any atom is -0.392 e. The third-order valence-corrected chi connectivity index (χ3v) is 5.98. The Bertz CT molecular complexity index is 803. The number of nitrogens with zero attached hydrogens (tertiary/aromatic N) is 4. The lowest BCUT2D eigenvalue weighted by Gasteiger charge is -2.33. The van der Waals surface area contributed by atoms with Gasteiger partial charge in [0.2, 0.25) is 0 Å². The van der Waals surface area contributed by atoms with Crippen LogP contribution in [0.1, 0.15) is 50.4 Å². The lowest BCUT2D eigenvalue weighted by atomic mass is 9.91. The number of fused-ring (bicyclic) bond motifs is 1. The van der Waals surface area contributed by atoms with Crippen molar-refractivity contribution >= 4 is 5.84 Å². The second-order valence-corrected chi connectivity index (χ2v) is 8.55. The molecule has 1 fully saturated rings. The highest BCUT2D eigenvalue weighted by molar-refractivity contribution is 5.81. The van der Waals surface area contributed by atoms with Gasteiger partial charge < -0.3 is 15.7 Å². The van der Waals surface area contributed by atoms with Crippen LogP contribution in [0.2, 0.25) is 0 Å². The zero-order valence-electron chi connectivity index (χ0n) is 21.5. The topological polar surface area (TPSA) is 76.0 Å². The van der Waals surface area contributed by atoms with Crippen LogP contribution < -0.4 is 10.6 Å². The molecule has 2 aliphatic rings. The summed E-state index contributed by atoms with van der Waals surface area (Å²) in [5, 5.41) is 16.2. The van der Waals surface area contributed by atoms with Gasteiger partial charge in [-0.25, -0.2) is 0 Å². The van der Waals surface area contributed by atoms with Crippen LogP contribution in [0.3, 0.4) is 0 Å². The maximum atomic E-state index is 9.49. The van der Waals surface area contributed by atoms with E-state index in [-0.39, 0.29) is 6.61 Å². The smallest absolute Gasteiger partial charge is 0.0989 e. The first-order chi connectivity index (χ1) is 16.5. The van der Waals surface area contributed by atoms with Crippen molar-refractivity contribution in [2.45, 2.75) is 51.6 Å². The molecule has 0 aromatic carbocycles. The molecule has 3 rings (SSSR count). The second kappa shape index (κ2) is 17.0. The van der Waals surface area contributed by atoms with Crippen LogP contribution in [0.15, 0.2) is 47.7 Å². The van der Waals surface area contributed by atoms with Gasteiger partial charge in [-0.3, -0.25) is 19.8 Å². The van der Waals surface area contributed by atoms with E-state index in [1.54, 1.807) is 6.08 Å². The van der Waals surface area contributed by atoms with Gasteiger partial charge in [-0.1, -0.05) is 12.1 Å². The Labute approximate surface area is 207 Å². The molecule has 0 amide bonds. The van der Waals surface area contributed by atoms with Crippen LogP contribution in [-0.4, -0.2) is 78.8 Å². The summed E-state index contributed by atoms with van der Waals surface area (Å²) in [5.41, 5.74) is 3.54. The number of likely N-dealkylation sites (tertiary alicyclic amines) is 1. The number of aromatic nitrogens is 1. The average molecular weight is 469 g/mol. The number of pyridine rings is 1. The van der Waals surface area contributed by atoms with Crippen molar-refractivity contribution in [3.8, 4) is 12.8 Å². The molecule has 1 aromatic rings. The Kier molecular flexibility index (Phi) is 14.8. The summed E-state index contributed by atoms with van der Waals surface area (Å²) in [6, 6.07) is 5.10. The summed E-state index contributed by atoms with van der Waals surface area (Å²) in [6.45, 7) is 10.8. The number of hydrogen-bond acceptors (Lipinski definition) is 6. The Morgan fingerprint density at radius 3 is 2.79 bits per heavy atom. The van der Waals surface area contributed by atoms with Crippen LogP contribution in [-0.2, 0) is 6.42 Å². The van der Waals surface area contributed by atoms with E-state index in [0.29, 0.717) is 18.8 Å². The largest absolute Gasteiger partial charge is 0.392 e. The lowest BCUT2D eigenvalue weighted by Crippen LogP contribution is -2.35. The van der Waals surface area contributed by atoms with Gasteiger partial charge in [0.15, 0.2) is 0 Å². The number of aryl methyl sites for hydroxylation is 1. The average Bonchev–Trinajstić information content (AvgIpc) is 3.32. The van der Waals surface area contributed by atoms with Crippen molar-refractivity contribution in [3.05, 3.63) is 54.0 Å². The molecule has 0 spiro atoms. The number of hydrogen-bond donors (Lipinski definition) is 3. The molecule has 2 atom stereocenters. The molecule has 34 heavy (non-hydrogen) atoms. The van der Waals surface area contributed by atoms with Crippen molar-refractivity contribution in [1.29, 1.82) is 0 Å². The zero-order chi connectivity index (χ0) is 25.3. The van der Waals surface area contributed by atoms with E-state index in [2.05, 4.69) is 58.0 Å². The van der Waals surface area contributed by atoms with Crippen molar-refractivity contribution in [2.75, 3.05) is 47.0 Å². The summed E-state index contributed by atoms with van der Waals surface area (Å²) in [4.78, 5) is 14.0. The Morgan fingerprint density at radius 1 is 1.41 bits per heavy atom. The molecule has 1 aromatic heterocycles. The van der Waals surface area contributed by atoms with Gasteiger partial charge in [-0.2, -0.15) is 0 Å². The third kappa shape index (κ3) is 9.78. The molecule has 188 valence electrons. The van der Waals surface area contributed by atoms with E-state index >= 15 is 0 Å². The molecular weight excluding hydrogens is 424 g/mol. The summed E-state index contributed by atoms with van der Waals surface area (Å²) in [6.07, 6.45) is 18.1. The molecule has 3 N–H and O–H groups in total. The highest BCUT2D eigenvalue weighted by Gasteiger charge is 2.25. The maximum absolute atomic E-state index is 9.49. The zero-order valence-corrected chi connectivity index (χ0v) is 21.5. The molecule has 2 heterocycles. The molecule has 1 unspecified atom stereocenters. The van der Waals surface area contributed by atoms with Gasteiger partial charge in [0.25, 0.3) is 0 Å². The van der Waals surface area contributed by atoms with E-state index < -0.39 is 0 Å². The summed E-state index contributed by atoms with van der Waals surface area (Å²) >= 11 is 0. The molecule has 0 bridgehead atoms. The highest BCUT2D eigenvalue weighted by Crippen LogP contribution is 2.32. The highest BCUT2D eigenvalue weighted by atomic mass is 16.2. The predicted octanol–water partition coefficient (Wildman–Crippen LogP) is 2.97. The minimum absolute atomic E-state index is 0.0128. The number of aliphatic hydroxyl groups is 1. The van der Waals surface area contributed by atoms with Crippen molar-refractivity contribution in [3.63, 3.8) is 0 Å². The SMILES string of the molecule is C#C.C=CC.CNC1CCN(C/N=C(\C)N/C(=C/CO)CN(C)[C@H]2CCCc3cccnc32)C1. The monoisotopic (exact) mass is 468 g/mol. The number of amidine groups is 1. The first-order valence-electron chi connectivity index (χ1n) is 12.0. The predicted molar refractivity (Wildman–Crippen MR) is 144 cm³/mol. The standard InChI is InChI=1S/C22H36N6O.C3H6.C2H2/c1-17(25-16-28-12-9-19(15-28)23-2)26-20(10-13-29)14-27(3)21-8-4-6-18-7-5-11-24-22(18)21;1-3-2;1-2/h5,7,10-11,19,21,23,29H,4,6,8-9,12-16H2,1-3H3,(H,25,26);3H,1H2,2H3;1-2H/b20-10+;;/t19?,21-;;/m0../s1. The fraction of sp³-hybridized carbons (Fsp3) is 0.556. The molecule has 0 radical (unpaired) electrons. The van der Waals surface area contributed by atoms with Gasteiger partial charge in [0.1, 0.15) is 0 Å². The van der Waals surface area contributed by atoms with Gasteiger partial charge in [0, 0.05) is 37.6 Å². The van der Waals surface area contributed by atoms with Gasteiger partial charge in [-0.15, -0.1) is 19.4 Å². The Morgan fingerprint density at radius 2 is 2.15 bits per heavy atom. The first kappa shape index (κ1) is 29.5. The fourth-order valence-electron chi connectivity index (χ4n) is 4.33. The second-order valence-electron chi connectivity index (χ2n) is 8.55. The number of aliphatic imine (C=N–C) groups is 1. The molecule has 7 heteroatoms. The van der Waals surface area contributed by atoms with E-state index in [4.69, 9.17) is 4.99 Å². The molecule has 7 nitrogen and oxygen atoms in total. The van der Waals surface area contributed by atoms with Gasteiger partial charge >= 0.3 is 0 Å². The lowest BCUT2D eigenvalue weighted by molar-refractivity contribution is 0.230. The summed E-state index contributed by atoms with van der Waals surface area (Å²) < 4.78 is 0. The molecule has 1 saturated heterocycles. The first-order valence-corrected chi connectivity index (χ1v) is 12.0. The number of nitrogens with one attached hydrogen (secondary N) is 2. The van der Waals surface area contributed by atoms with E-state index in [0.717, 1.165) is 44.0 Å². The number of terminal acetylenes is 1. The number of allylic oxidation sites excluding steroid dienone is 1. The number of likely N-dealkylation sites (N-methyl/N-ethyl adjacent to an activating group) is 2. The van der Waals surface area contributed by atoms with Gasteiger partial charge in [-0.05, 0) is 71.3 Å². The van der Waals surface area contributed by atoms with E-state index in [1.165, 1.54) is 24.1 Å². The Hall–Kier alpha value is -2.50. The van der Waals surface area contributed by atoms with Crippen LogP contribution in [0.5, 0.6) is 0 Å². The number of rotatable bonds is 8. The normalized spacial score (nSPS) is 20.5. The van der Waals surface area contributed by atoms with Gasteiger partial charge in [0.05, 0.1) is 30.8 Å². The van der Waals surface area contributed by atoms with Crippen LogP contribution in [0.25, 0.3) is 0 Å².